The molecular formula is C12H9ClN4O3. The van der Waals surface area contributed by atoms with E-state index >= 15 is 0 Å². The number of nitrogens with zero attached hydrogens (tertiary/aromatic N) is 2. The van der Waals surface area contributed by atoms with Crippen LogP contribution in [0.5, 0.6) is 0 Å². The van der Waals surface area contributed by atoms with Gasteiger partial charge in [0, 0.05) is 11.4 Å². The summed E-state index contributed by atoms with van der Waals surface area (Å²) in [4.78, 5) is 25.8. The van der Waals surface area contributed by atoms with Crippen LogP contribution in [0.3, 0.4) is 0 Å². The molecule has 8 heteroatoms. The second-order valence-electron chi connectivity index (χ2n) is 3.86. The number of nitro groups is 1. The van der Waals surface area contributed by atoms with Crippen LogP contribution in [-0.4, -0.2) is 15.8 Å². The first-order valence-corrected chi connectivity index (χ1v) is 5.82. The monoisotopic (exact) mass is 292 g/mol. The van der Waals surface area contributed by atoms with Crippen molar-refractivity contribution in [3.63, 3.8) is 0 Å². The Kier molecular flexibility index (Phi) is 3.81. The van der Waals surface area contributed by atoms with Crippen molar-refractivity contribution in [3.05, 3.63) is 57.4 Å². The number of aromatic nitrogens is 1. The van der Waals surface area contributed by atoms with Crippen LogP contribution in [0.4, 0.5) is 17.1 Å². The highest BCUT2D eigenvalue weighted by molar-refractivity contribution is 6.30. The lowest BCUT2D eigenvalue weighted by Crippen LogP contribution is -2.14. The van der Waals surface area contributed by atoms with Crippen LogP contribution in [0, 0.1) is 10.1 Å². The van der Waals surface area contributed by atoms with Crippen molar-refractivity contribution >= 4 is 34.6 Å². The van der Waals surface area contributed by atoms with Gasteiger partial charge in [-0.15, -0.1) is 0 Å². The van der Waals surface area contributed by atoms with E-state index in [1.54, 1.807) is 18.2 Å². The molecule has 0 bridgehead atoms. The lowest BCUT2D eigenvalue weighted by molar-refractivity contribution is -0.385. The summed E-state index contributed by atoms with van der Waals surface area (Å²) in [6.45, 7) is 0. The Labute approximate surface area is 118 Å². The number of nitrogen functional groups attached to an aromatic ring is 1. The van der Waals surface area contributed by atoms with Crippen LogP contribution < -0.4 is 11.1 Å². The van der Waals surface area contributed by atoms with Crippen molar-refractivity contribution in [1.29, 1.82) is 0 Å². The molecule has 0 fully saturated rings. The van der Waals surface area contributed by atoms with E-state index in [-0.39, 0.29) is 10.7 Å². The molecule has 0 saturated carbocycles. The summed E-state index contributed by atoms with van der Waals surface area (Å²) in [5.41, 5.74) is 5.89. The molecule has 0 spiro atoms. The van der Waals surface area contributed by atoms with Gasteiger partial charge < -0.3 is 11.1 Å². The average molecular weight is 293 g/mol. The van der Waals surface area contributed by atoms with Crippen LogP contribution in [-0.2, 0) is 0 Å². The molecular weight excluding hydrogens is 284 g/mol. The van der Waals surface area contributed by atoms with E-state index in [0.717, 1.165) is 12.3 Å². The van der Waals surface area contributed by atoms with Crippen molar-refractivity contribution in [3.8, 4) is 0 Å². The third-order valence-electron chi connectivity index (χ3n) is 2.44. The van der Waals surface area contributed by atoms with Gasteiger partial charge in [-0.3, -0.25) is 14.9 Å². The van der Waals surface area contributed by atoms with Crippen LogP contribution in [0.15, 0.2) is 36.5 Å². The van der Waals surface area contributed by atoms with Crippen LogP contribution in [0.1, 0.15) is 10.4 Å². The first-order valence-electron chi connectivity index (χ1n) is 5.44. The van der Waals surface area contributed by atoms with Gasteiger partial charge in [-0.05, 0) is 24.3 Å². The number of pyridine rings is 1. The molecule has 0 saturated heterocycles. The summed E-state index contributed by atoms with van der Waals surface area (Å²) < 4.78 is 0. The van der Waals surface area contributed by atoms with Crippen molar-refractivity contribution in [2.45, 2.75) is 0 Å². The highest BCUT2D eigenvalue weighted by Gasteiger charge is 2.21. The number of hydrogen-bond acceptors (Lipinski definition) is 5. The number of nitrogens with two attached hydrogens (primary N) is 1. The molecule has 102 valence electrons. The van der Waals surface area contributed by atoms with Gasteiger partial charge in [-0.2, -0.15) is 0 Å². The topological polar surface area (TPSA) is 111 Å². The molecule has 1 amide bonds. The zero-order valence-corrected chi connectivity index (χ0v) is 10.8. The Bertz CT molecular complexity index is 690. The second kappa shape index (κ2) is 5.54. The molecule has 0 atom stereocenters. The van der Waals surface area contributed by atoms with Gasteiger partial charge >= 0.3 is 0 Å². The maximum atomic E-state index is 12.1. The van der Waals surface area contributed by atoms with Crippen LogP contribution >= 0.6 is 11.6 Å². The summed E-state index contributed by atoms with van der Waals surface area (Å²) in [5.74, 6) is -0.661. The maximum Gasteiger partial charge on any atom is 0.300 e. The molecule has 1 heterocycles. The molecule has 0 aliphatic heterocycles. The third-order valence-corrected chi connectivity index (χ3v) is 2.64. The molecule has 2 aromatic rings. The van der Waals surface area contributed by atoms with Gasteiger partial charge in [0.15, 0.2) is 0 Å². The van der Waals surface area contributed by atoms with E-state index in [2.05, 4.69) is 10.3 Å². The fraction of sp³-hybridized carbons (Fsp3) is 0. The van der Waals surface area contributed by atoms with Crippen molar-refractivity contribution < 1.29 is 9.72 Å². The number of nitrogens with one attached hydrogen (secondary N) is 1. The minimum atomic E-state index is -0.697. The molecule has 7 nitrogen and oxygen atoms in total. The summed E-state index contributed by atoms with van der Waals surface area (Å²) >= 11 is 5.66. The fourth-order valence-electron chi connectivity index (χ4n) is 1.56. The largest absolute Gasteiger partial charge is 0.399 e. The second-order valence-corrected chi connectivity index (χ2v) is 4.25. The molecule has 0 radical (unpaired) electrons. The molecule has 1 aromatic heterocycles. The zero-order chi connectivity index (χ0) is 14.7. The SMILES string of the molecule is Nc1cccc(NC(=O)c2cc(Cl)ncc2[N+](=O)[O-])c1. The van der Waals surface area contributed by atoms with Gasteiger partial charge in [-0.1, -0.05) is 17.7 Å². The maximum absolute atomic E-state index is 12.1. The van der Waals surface area contributed by atoms with E-state index in [9.17, 15) is 14.9 Å². The summed E-state index contributed by atoms with van der Waals surface area (Å²) in [6, 6.07) is 7.59. The van der Waals surface area contributed by atoms with Gasteiger partial charge in [-0.25, -0.2) is 4.98 Å². The first kappa shape index (κ1) is 13.8. The molecule has 2 rings (SSSR count). The molecule has 0 unspecified atom stereocenters. The Hall–Kier alpha value is -2.67. The van der Waals surface area contributed by atoms with Crippen LogP contribution in [0.25, 0.3) is 0 Å². The minimum absolute atomic E-state index is 0.00618. The van der Waals surface area contributed by atoms with Gasteiger partial charge in [0.2, 0.25) is 0 Å². The highest BCUT2D eigenvalue weighted by Crippen LogP contribution is 2.22. The molecule has 3 N–H and O–H groups in total. The van der Waals surface area contributed by atoms with Gasteiger partial charge in [0.05, 0.1) is 4.92 Å². The van der Waals surface area contributed by atoms with Gasteiger partial charge in [0.1, 0.15) is 16.9 Å². The summed E-state index contributed by atoms with van der Waals surface area (Å²) in [5, 5.41) is 13.4. The lowest BCUT2D eigenvalue weighted by atomic mass is 10.2. The summed E-state index contributed by atoms with van der Waals surface area (Å²) in [7, 11) is 0. The summed E-state index contributed by atoms with van der Waals surface area (Å²) in [6.07, 6.45) is 0.941. The van der Waals surface area contributed by atoms with Gasteiger partial charge in [0.25, 0.3) is 11.6 Å². The Morgan fingerprint density at radius 3 is 2.80 bits per heavy atom. The number of carbonyl (C=O) groups is 1. The quantitative estimate of drug-likeness (QED) is 0.391. The number of hydrogen-bond donors (Lipinski definition) is 2. The predicted octanol–water partition coefficient (Wildman–Crippen LogP) is 2.48. The van der Waals surface area contributed by atoms with E-state index in [1.165, 1.54) is 6.07 Å². The van der Waals surface area contributed by atoms with E-state index in [0.29, 0.717) is 11.4 Å². The van der Waals surface area contributed by atoms with Crippen LogP contribution in [0.2, 0.25) is 5.15 Å². The fourth-order valence-corrected chi connectivity index (χ4v) is 1.72. The number of anilines is 2. The number of amides is 1. The van der Waals surface area contributed by atoms with Crippen molar-refractivity contribution in [2.75, 3.05) is 11.1 Å². The standard InChI is InChI=1S/C12H9ClN4O3/c13-11-5-9(10(6-15-11)17(19)20)12(18)16-8-3-1-2-7(14)4-8/h1-6H,14H2,(H,16,18). The van der Waals surface area contributed by atoms with Crippen molar-refractivity contribution in [2.24, 2.45) is 0 Å². The minimum Gasteiger partial charge on any atom is -0.399 e. The smallest absolute Gasteiger partial charge is 0.300 e. The number of rotatable bonds is 3. The van der Waals surface area contributed by atoms with E-state index in [1.807, 2.05) is 0 Å². The Morgan fingerprint density at radius 2 is 2.15 bits per heavy atom. The first-order chi connectivity index (χ1) is 9.47. The molecule has 0 aliphatic rings. The number of halogens is 1. The normalized spacial score (nSPS) is 10.1. The molecule has 20 heavy (non-hydrogen) atoms. The Balaban J connectivity index is 2.34. The van der Waals surface area contributed by atoms with E-state index < -0.39 is 16.5 Å². The molecule has 0 aliphatic carbocycles. The van der Waals surface area contributed by atoms with E-state index in [4.69, 9.17) is 17.3 Å². The average Bonchev–Trinajstić information content (AvgIpc) is 2.38. The van der Waals surface area contributed by atoms with Crippen molar-refractivity contribution in [1.82, 2.24) is 4.98 Å². The third kappa shape index (κ3) is 3.01. The Morgan fingerprint density at radius 1 is 1.40 bits per heavy atom. The number of benzene rings is 1. The zero-order valence-electron chi connectivity index (χ0n) is 10.0. The highest BCUT2D eigenvalue weighted by atomic mass is 35.5. The lowest BCUT2D eigenvalue weighted by Gasteiger charge is -2.06. The predicted molar refractivity (Wildman–Crippen MR) is 74.7 cm³/mol. The number of carbonyl (C=O) groups excluding carboxylic acids is 1. The molecule has 1 aromatic carbocycles.